The van der Waals surface area contributed by atoms with Gasteiger partial charge < -0.3 is 19.7 Å². The van der Waals surface area contributed by atoms with Gasteiger partial charge in [0.25, 0.3) is 0 Å². The molecule has 284 valence electrons. The van der Waals surface area contributed by atoms with Crippen molar-refractivity contribution in [1.29, 1.82) is 0 Å². The molecule has 0 bridgehead atoms. The topological polar surface area (TPSA) is 120 Å². The molecule has 10 heteroatoms. The van der Waals surface area contributed by atoms with Gasteiger partial charge in [-0.15, -0.1) is 0 Å². The van der Waals surface area contributed by atoms with Crippen LogP contribution in [0.3, 0.4) is 0 Å². The number of likely N-dealkylation sites (N-methyl/N-ethyl adjacent to an activating group) is 1. The largest absolute Gasteiger partial charge is 0.472 e. The molecule has 9 nitrogen and oxygen atoms in total. The summed E-state index contributed by atoms with van der Waals surface area (Å²) in [4.78, 5) is 34.9. The highest BCUT2D eigenvalue weighted by atomic mass is 31.2. The average molecular weight is 704 g/mol. The van der Waals surface area contributed by atoms with E-state index in [1.165, 1.54) is 89.9 Å². The van der Waals surface area contributed by atoms with Crippen molar-refractivity contribution in [3.8, 4) is 0 Å². The zero-order valence-electron chi connectivity index (χ0n) is 31.2. The summed E-state index contributed by atoms with van der Waals surface area (Å²) in [5, 5.41) is 2.82. The van der Waals surface area contributed by atoms with Crippen LogP contribution in [0.4, 0.5) is 0 Å². The van der Waals surface area contributed by atoms with Crippen molar-refractivity contribution >= 4 is 19.8 Å². The first kappa shape index (κ1) is 46.8. The molecule has 0 rings (SSSR count). The number of nitrogens with one attached hydrogen (secondary N) is 1. The Morgan fingerprint density at radius 3 is 1.60 bits per heavy atom. The fourth-order valence-electron chi connectivity index (χ4n) is 5.36. The van der Waals surface area contributed by atoms with Gasteiger partial charge in [-0.1, -0.05) is 148 Å². The number of unbranched alkanes of at least 4 members (excludes halogenated alkanes) is 21. The van der Waals surface area contributed by atoms with Crippen LogP contribution in [0.1, 0.15) is 181 Å². The van der Waals surface area contributed by atoms with Crippen LogP contribution in [0.25, 0.3) is 0 Å². The van der Waals surface area contributed by atoms with Crippen molar-refractivity contribution in [3.05, 3.63) is 12.2 Å². The number of rotatable bonds is 37. The van der Waals surface area contributed by atoms with Crippen LogP contribution in [0.2, 0.25) is 0 Å². The second-order valence-electron chi connectivity index (χ2n) is 13.1. The number of hydrogen-bond acceptors (Lipinski definition) is 8. The zero-order chi connectivity index (χ0) is 35.4. The number of phosphoric acid groups is 1. The fraction of sp³-hybridized carbons (Fsp3) is 0.895. The summed E-state index contributed by atoms with van der Waals surface area (Å²) in [5.41, 5.74) is 0. The number of allylic oxidation sites excluding steroid dienone is 2. The molecule has 0 fully saturated rings. The predicted octanol–water partition coefficient (Wildman–Crippen LogP) is 10.5. The Hall–Kier alpha value is -1.25. The first-order valence-corrected chi connectivity index (χ1v) is 21.1. The second-order valence-corrected chi connectivity index (χ2v) is 14.6. The summed E-state index contributed by atoms with van der Waals surface area (Å²) >= 11 is 0. The molecule has 0 amide bonds. The van der Waals surface area contributed by atoms with Crippen molar-refractivity contribution in [2.75, 3.05) is 33.4 Å². The number of carbonyl (C=O) groups is 2. The molecule has 0 spiro atoms. The first-order chi connectivity index (χ1) is 23.3. The smallest absolute Gasteiger partial charge is 0.462 e. The van der Waals surface area contributed by atoms with Crippen LogP contribution in [-0.2, 0) is 32.7 Å². The SMILES string of the molecule is CCCC/C=C\CCCCCCCC(=O)OC(COC(=O)CCCCCCCCCCCCCCCCC)COP(=O)(O)OCCNC. The van der Waals surface area contributed by atoms with E-state index in [4.69, 9.17) is 18.5 Å². The molecule has 0 aliphatic heterocycles. The van der Waals surface area contributed by atoms with E-state index in [-0.39, 0.29) is 25.6 Å². The lowest BCUT2D eigenvalue weighted by Crippen LogP contribution is -2.29. The highest BCUT2D eigenvalue weighted by molar-refractivity contribution is 7.47. The maximum Gasteiger partial charge on any atom is 0.472 e. The molecule has 0 aliphatic rings. The van der Waals surface area contributed by atoms with E-state index in [2.05, 4.69) is 31.3 Å². The summed E-state index contributed by atoms with van der Waals surface area (Å²) in [6.07, 6.45) is 32.5. The Morgan fingerprint density at radius 1 is 0.625 bits per heavy atom. The molecule has 0 aromatic rings. The van der Waals surface area contributed by atoms with E-state index in [0.717, 1.165) is 57.8 Å². The molecule has 2 unspecified atom stereocenters. The molecule has 0 saturated heterocycles. The van der Waals surface area contributed by atoms with Crippen LogP contribution in [-0.4, -0.2) is 56.3 Å². The van der Waals surface area contributed by atoms with Gasteiger partial charge in [0.15, 0.2) is 6.10 Å². The van der Waals surface area contributed by atoms with Crippen molar-refractivity contribution < 1.29 is 37.6 Å². The monoisotopic (exact) mass is 704 g/mol. The van der Waals surface area contributed by atoms with Crippen LogP contribution in [0, 0.1) is 0 Å². The summed E-state index contributed by atoms with van der Waals surface area (Å²) in [6.45, 7) is 4.18. The third-order valence-corrected chi connectivity index (χ3v) is 9.37. The lowest BCUT2D eigenvalue weighted by atomic mass is 10.0. The van der Waals surface area contributed by atoms with Gasteiger partial charge >= 0.3 is 19.8 Å². The van der Waals surface area contributed by atoms with Gasteiger partial charge in [0, 0.05) is 19.4 Å². The normalized spacial score (nSPS) is 13.5. The minimum Gasteiger partial charge on any atom is -0.462 e. The molecule has 48 heavy (non-hydrogen) atoms. The number of esters is 2. The van der Waals surface area contributed by atoms with E-state index in [1.807, 2.05) is 0 Å². The molecule has 0 radical (unpaired) electrons. The third kappa shape index (κ3) is 34.6. The number of carbonyl (C=O) groups excluding carboxylic acids is 2. The molecule has 2 atom stereocenters. The molecule has 0 aromatic carbocycles. The second kappa shape index (κ2) is 35.6. The highest BCUT2D eigenvalue weighted by Crippen LogP contribution is 2.43. The van der Waals surface area contributed by atoms with E-state index < -0.39 is 26.5 Å². The average Bonchev–Trinajstić information content (AvgIpc) is 3.06. The van der Waals surface area contributed by atoms with Gasteiger partial charge in [-0.3, -0.25) is 18.6 Å². The Morgan fingerprint density at radius 2 is 1.08 bits per heavy atom. The van der Waals surface area contributed by atoms with Crippen LogP contribution < -0.4 is 5.32 Å². The van der Waals surface area contributed by atoms with Crippen molar-refractivity contribution in [2.45, 2.75) is 187 Å². The van der Waals surface area contributed by atoms with Gasteiger partial charge in [-0.05, 0) is 39.2 Å². The van der Waals surface area contributed by atoms with Crippen LogP contribution >= 0.6 is 7.82 Å². The van der Waals surface area contributed by atoms with E-state index in [9.17, 15) is 19.0 Å². The Labute approximate surface area is 294 Å². The van der Waals surface area contributed by atoms with Gasteiger partial charge in [0.1, 0.15) is 6.61 Å². The van der Waals surface area contributed by atoms with Crippen LogP contribution in [0.5, 0.6) is 0 Å². The molecule has 2 N–H and O–H groups in total. The minimum atomic E-state index is -4.34. The van der Waals surface area contributed by atoms with Crippen LogP contribution in [0.15, 0.2) is 12.2 Å². The first-order valence-electron chi connectivity index (χ1n) is 19.6. The molecular weight excluding hydrogens is 629 g/mol. The van der Waals surface area contributed by atoms with E-state index in [0.29, 0.717) is 19.4 Å². The molecule has 0 saturated carbocycles. The Bertz CT molecular complexity index is 810. The van der Waals surface area contributed by atoms with Gasteiger partial charge in [0.2, 0.25) is 0 Å². The molecule has 0 aliphatic carbocycles. The summed E-state index contributed by atoms with van der Waals surface area (Å²) < 4.78 is 33.0. The quantitative estimate of drug-likeness (QED) is 0.0282. The van der Waals surface area contributed by atoms with E-state index >= 15 is 0 Å². The molecule has 0 aromatic heterocycles. The maximum absolute atomic E-state index is 12.5. The Balaban J connectivity index is 4.24. The third-order valence-electron chi connectivity index (χ3n) is 8.39. The number of phosphoric ester groups is 1. The predicted molar refractivity (Wildman–Crippen MR) is 197 cm³/mol. The summed E-state index contributed by atoms with van der Waals surface area (Å²) in [6, 6.07) is 0. The highest BCUT2D eigenvalue weighted by Gasteiger charge is 2.26. The fourth-order valence-corrected chi connectivity index (χ4v) is 6.11. The molecular formula is C38H74NO8P. The summed E-state index contributed by atoms with van der Waals surface area (Å²) in [7, 11) is -2.64. The number of ether oxygens (including phenoxy) is 2. The maximum atomic E-state index is 12.5. The van der Waals surface area contributed by atoms with E-state index in [1.54, 1.807) is 7.05 Å². The lowest BCUT2D eigenvalue weighted by molar-refractivity contribution is -0.161. The number of hydrogen-bond donors (Lipinski definition) is 2. The standard InChI is InChI=1S/C38H74NO8P/c1-4-6-8-10-12-14-16-17-18-19-21-22-24-26-28-30-37(40)44-34-36(35-46-48(42,43)45-33-32-39-3)47-38(41)31-29-27-25-23-20-15-13-11-9-7-5-2/h11,13,36,39H,4-10,12,14-35H2,1-3H3,(H,42,43)/b13-11-. The zero-order valence-corrected chi connectivity index (χ0v) is 32.1. The van der Waals surface area contributed by atoms with Crippen molar-refractivity contribution in [3.63, 3.8) is 0 Å². The minimum absolute atomic E-state index is 0.0158. The van der Waals surface area contributed by atoms with Gasteiger partial charge in [0.05, 0.1) is 13.2 Å². The van der Waals surface area contributed by atoms with Crippen molar-refractivity contribution in [2.24, 2.45) is 0 Å². The van der Waals surface area contributed by atoms with Crippen molar-refractivity contribution in [1.82, 2.24) is 5.32 Å². The lowest BCUT2D eigenvalue weighted by Gasteiger charge is -2.20. The summed E-state index contributed by atoms with van der Waals surface area (Å²) in [5.74, 6) is -0.812. The van der Waals surface area contributed by atoms with Gasteiger partial charge in [-0.25, -0.2) is 4.57 Å². The van der Waals surface area contributed by atoms with Gasteiger partial charge in [-0.2, -0.15) is 0 Å². The molecule has 0 heterocycles. The Kier molecular flexibility index (Phi) is 34.6.